The quantitative estimate of drug-likeness (QED) is 0.407. The van der Waals surface area contributed by atoms with E-state index < -0.39 is 32.2 Å². The molecule has 1 aromatic carbocycles. The molecule has 0 amide bonds. The molecule has 0 saturated carbocycles. The second-order valence-electron chi connectivity index (χ2n) is 9.95. The molecule has 12 heteroatoms. The number of hydrogen-bond acceptors (Lipinski definition) is 10. The van der Waals surface area contributed by atoms with E-state index in [4.69, 9.17) is 19.4 Å². The van der Waals surface area contributed by atoms with E-state index in [1.54, 1.807) is 26.0 Å². The van der Waals surface area contributed by atoms with Crippen molar-refractivity contribution in [3.05, 3.63) is 35.5 Å². The first-order chi connectivity index (χ1) is 17.6. The summed E-state index contributed by atoms with van der Waals surface area (Å²) in [5.74, 6) is 1.46. The summed E-state index contributed by atoms with van der Waals surface area (Å²) in [5.41, 5.74) is 1.10. The maximum absolute atomic E-state index is 12.7. The SMILES string of the molecule is CC(C)S(=O)(=O)c1cccc(C(=O)OC2CN(c3nc4c(c(N(C)C5CCOCC5)n3)[S+](O)CC4)C2)c1. The van der Waals surface area contributed by atoms with Crippen molar-refractivity contribution in [2.24, 2.45) is 0 Å². The highest BCUT2D eigenvalue weighted by molar-refractivity contribution is 7.92. The van der Waals surface area contributed by atoms with Gasteiger partial charge in [0.1, 0.15) is 11.8 Å². The van der Waals surface area contributed by atoms with Crippen molar-refractivity contribution in [3.8, 4) is 0 Å². The minimum absolute atomic E-state index is 0.114. The summed E-state index contributed by atoms with van der Waals surface area (Å²) in [6.07, 6.45) is 2.18. The van der Waals surface area contributed by atoms with Crippen LogP contribution in [0.1, 0.15) is 42.7 Å². The molecule has 1 aromatic heterocycles. The number of carbonyl (C=O) groups excluding carboxylic acids is 1. The summed E-state index contributed by atoms with van der Waals surface area (Å²) in [5, 5.41) is -0.580. The van der Waals surface area contributed by atoms with Gasteiger partial charge in [0.25, 0.3) is 4.90 Å². The van der Waals surface area contributed by atoms with Crippen LogP contribution in [-0.4, -0.2) is 85.4 Å². The van der Waals surface area contributed by atoms with Crippen LogP contribution in [0.4, 0.5) is 11.8 Å². The Hall–Kier alpha value is -2.41. The predicted molar refractivity (Wildman–Crippen MR) is 141 cm³/mol. The van der Waals surface area contributed by atoms with Gasteiger partial charge in [-0.3, -0.25) is 0 Å². The van der Waals surface area contributed by atoms with Crippen LogP contribution in [0.25, 0.3) is 0 Å². The van der Waals surface area contributed by atoms with Gasteiger partial charge in [0.05, 0.1) is 28.8 Å². The van der Waals surface area contributed by atoms with Gasteiger partial charge < -0.3 is 19.3 Å². The largest absolute Gasteiger partial charge is 0.455 e. The van der Waals surface area contributed by atoms with Crippen molar-refractivity contribution < 1.29 is 27.2 Å². The molecular weight excluding hydrogens is 516 g/mol. The van der Waals surface area contributed by atoms with E-state index in [2.05, 4.69) is 4.90 Å². The van der Waals surface area contributed by atoms with Crippen LogP contribution in [0.5, 0.6) is 0 Å². The second-order valence-corrected chi connectivity index (χ2v) is 14.0. The molecule has 2 fully saturated rings. The zero-order valence-corrected chi connectivity index (χ0v) is 22.9. The van der Waals surface area contributed by atoms with Crippen molar-refractivity contribution >= 4 is 38.7 Å². The van der Waals surface area contributed by atoms with Gasteiger partial charge in [-0.05, 0) is 44.9 Å². The maximum atomic E-state index is 12.7. The van der Waals surface area contributed by atoms with E-state index in [0.717, 1.165) is 29.2 Å². The molecule has 3 aliphatic rings. The van der Waals surface area contributed by atoms with Gasteiger partial charge in [-0.1, -0.05) is 6.07 Å². The fourth-order valence-corrected chi connectivity index (χ4v) is 7.29. The third-order valence-electron chi connectivity index (χ3n) is 7.17. The first-order valence-corrected chi connectivity index (χ1v) is 15.5. The summed E-state index contributed by atoms with van der Waals surface area (Å²) in [6, 6.07) is 6.28. The van der Waals surface area contributed by atoms with Crippen molar-refractivity contribution in [1.82, 2.24) is 9.97 Å². The molecule has 0 spiro atoms. The zero-order valence-electron chi connectivity index (χ0n) is 21.3. The summed E-state index contributed by atoms with van der Waals surface area (Å²) in [7, 11) is -1.47. The number of ether oxygens (including phenoxy) is 2. The van der Waals surface area contributed by atoms with E-state index in [-0.39, 0.29) is 16.6 Å². The molecule has 2 aromatic rings. The van der Waals surface area contributed by atoms with Crippen LogP contribution in [0.3, 0.4) is 0 Å². The van der Waals surface area contributed by atoms with Gasteiger partial charge in [-0.15, -0.1) is 0 Å². The van der Waals surface area contributed by atoms with Crippen LogP contribution in [-0.2, 0) is 36.9 Å². The maximum Gasteiger partial charge on any atom is 0.338 e. The number of rotatable bonds is 7. The van der Waals surface area contributed by atoms with Gasteiger partial charge >= 0.3 is 5.97 Å². The van der Waals surface area contributed by atoms with Crippen molar-refractivity contribution in [1.29, 1.82) is 0 Å². The Balaban J connectivity index is 1.28. The number of sulfone groups is 1. The first-order valence-electron chi connectivity index (χ1n) is 12.6. The monoisotopic (exact) mass is 549 g/mol. The lowest BCUT2D eigenvalue weighted by molar-refractivity contribution is 0.0231. The molecule has 5 rings (SSSR count). The fourth-order valence-electron chi connectivity index (χ4n) is 4.77. The number of carbonyl (C=O) groups is 1. The molecule has 0 radical (unpaired) electrons. The number of esters is 1. The van der Waals surface area contributed by atoms with E-state index >= 15 is 0 Å². The van der Waals surface area contributed by atoms with E-state index in [1.165, 1.54) is 12.1 Å². The Morgan fingerprint density at radius 1 is 1.24 bits per heavy atom. The molecule has 2 saturated heterocycles. The Morgan fingerprint density at radius 3 is 2.68 bits per heavy atom. The summed E-state index contributed by atoms with van der Waals surface area (Å²) in [4.78, 5) is 27.4. The van der Waals surface area contributed by atoms with Crippen LogP contribution in [0.15, 0.2) is 34.1 Å². The van der Waals surface area contributed by atoms with E-state index in [0.29, 0.717) is 50.5 Å². The number of nitrogens with zero attached hydrogens (tertiary/aromatic N) is 4. The Bertz CT molecular complexity index is 1280. The fraction of sp³-hybridized carbons (Fsp3) is 0.560. The normalized spacial score (nSPS) is 20.6. The highest BCUT2D eigenvalue weighted by atomic mass is 32.2. The standard InChI is InChI=1S/C25H33N4O6S2/c1-16(2)37(32,33)20-6-4-5-17(13-20)24(30)35-19-14-29(15-19)25-26-21-9-12-36(31)22(21)23(27-25)28(3)18-7-10-34-11-8-18/h4-6,13,16,18-19,31H,7-12,14-15H2,1-3H3/q+1. The molecule has 4 heterocycles. The van der Waals surface area contributed by atoms with Crippen LogP contribution < -0.4 is 9.80 Å². The van der Waals surface area contributed by atoms with Crippen LogP contribution >= 0.6 is 0 Å². The number of hydrogen-bond donors (Lipinski definition) is 1. The van der Waals surface area contributed by atoms with E-state index in [1.807, 2.05) is 11.9 Å². The van der Waals surface area contributed by atoms with Crippen LogP contribution in [0.2, 0.25) is 0 Å². The average molecular weight is 550 g/mol. The highest BCUT2D eigenvalue weighted by Gasteiger charge is 2.42. The summed E-state index contributed by atoms with van der Waals surface area (Å²) >= 11 is -0.866. The molecular formula is C25H33N4O6S2+. The zero-order chi connectivity index (χ0) is 26.3. The van der Waals surface area contributed by atoms with Crippen molar-refractivity contribution in [2.75, 3.05) is 48.9 Å². The van der Waals surface area contributed by atoms with Gasteiger partial charge in [0, 0.05) is 32.7 Å². The van der Waals surface area contributed by atoms with Gasteiger partial charge in [0.15, 0.2) is 32.6 Å². The first kappa shape index (κ1) is 26.2. The Morgan fingerprint density at radius 2 is 1.97 bits per heavy atom. The number of aromatic nitrogens is 2. The topological polar surface area (TPSA) is 122 Å². The number of benzene rings is 1. The molecule has 1 unspecified atom stereocenters. The Kier molecular flexibility index (Phi) is 7.36. The molecule has 1 atom stereocenters. The molecule has 0 aliphatic carbocycles. The summed E-state index contributed by atoms with van der Waals surface area (Å²) in [6.45, 7) is 5.53. The van der Waals surface area contributed by atoms with Crippen molar-refractivity contribution in [3.63, 3.8) is 0 Å². The van der Waals surface area contributed by atoms with Gasteiger partial charge in [-0.2, -0.15) is 9.54 Å². The lowest BCUT2D eigenvalue weighted by atomic mass is 10.1. The number of fused-ring (bicyclic) bond motifs is 1. The minimum Gasteiger partial charge on any atom is -0.455 e. The molecule has 200 valence electrons. The molecule has 10 nitrogen and oxygen atoms in total. The Labute approximate surface area is 220 Å². The van der Waals surface area contributed by atoms with E-state index in [9.17, 15) is 17.8 Å². The van der Waals surface area contributed by atoms with Crippen LogP contribution in [0, 0.1) is 0 Å². The predicted octanol–water partition coefficient (Wildman–Crippen LogP) is 2.33. The third-order valence-corrected chi connectivity index (χ3v) is 10.8. The molecule has 37 heavy (non-hydrogen) atoms. The highest BCUT2D eigenvalue weighted by Crippen LogP contribution is 2.36. The molecule has 3 aliphatic heterocycles. The number of anilines is 2. The minimum atomic E-state index is -3.49. The molecule has 1 N–H and O–H groups in total. The second kappa shape index (κ2) is 10.4. The van der Waals surface area contributed by atoms with Crippen molar-refractivity contribution in [2.45, 2.75) is 60.3 Å². The summed E-state index contributed by atoms with van der Waals surface area (Å²) < 4.78 is 46.8. The smallest absolute Gasteiger partial charge is 0.338 e. The number of aryl methyl sites for hydroxylation is 1. The lowest BCUT2D eigenvalue weighted by Crippen LogP contribution is -2.54. The molecule has 0 bridgehead atoms. The van der Waals surface area contributed by atoms with Gasteiger partial charge in [0.2, 0.25) is 5.95 Å². The average Bonchev–Trinajstić information content (AvgIpc) is 3.25. The third kappa shape index (κ3) is 5.16. The van der Waals surface area contributed by atoms with Gasteiger partial charge in [-0.25, -0.2) is 18.2 Å². The lowest BCUT2D eigenvalue weighted by Gasteiger charge is -2.39.